The Labute approximate surface area is 181 Å². The van der Waals surface area contributed by atoms with E-state index in [1.54, 1.807) is 30.2 Å². The number of imidazole rings is 1. The summed E-state index contributed by atoms with van der Waals surface area (Å²) in [7, 11) is 1.67. The molecule has 0 spiro atoms. The minimum atomic E-state index is -0.0555. The summed E-state index contributed by atoms with van der Waals surface area (Å²) in [5, 5.41) is 11.3. The third kappa shape index (κ3) is 3.48. The molecule has 3 aromatic heterocycles. The monoisotopic (exact) mass is 434 g/mol. The molecule has 0 N–H and O–H groups in total. The molecule has 0 saturated carbocycles. The van der Waals surface area contributed by atoms with E-state index in [4.69, 9.17) is 14.1 Å². The van der Waals surface area contributed by atoms with E-state index in [0.29, 0.717) is 11.8 Å². The van der Waals surface area contributed by atoms with Crippen LogP contribution in [0.4, 0.5) is 0 Å². The van der Waals surface area contributed by atoms with Gasteiger partial charge in [0.1, 0.15) is 5.75 Å². The van der Waals surface area contributed by atoms with Crippen LogP contribution in [0.1, 0.15) is 18.1 Å². The van der Waals surface area contributed by atoms with Crippen molar-refractivity contribution in [1.29, 1.82) is 0 Å². The first-order valence-electron chi connectivity index (χ1n) is 9.39. The highest BCUT2D eigenvalue weighted by molar-refractivity contribution is 7.99. The second-order valence-electron chi connectivity index (χ2n) is 6.60. The number of thiophene rings is 1. The number of methoxy groups -OCH3 is 1. The largest absolute Gasteiger partial charge is 0.497 e. The number of para-hydroxylation sites is 2. The lowest BCUT2D eigenvalue weighted by Crippen LogP contribution is -1.98. The topological polar surface area (TPSA) is 66.0 Å². The van der Waals surface area contributed by atoms with Crippen molar-refractivity contribution in [2.24, 2.45) is 0 Å². The summed E-state index contributed by atoms with van der Waals surface area (Å²) in [6.45, 7) is 2.05. The molecule has 0 aliphatic carbocycles. The maximum Gasteiger partial charge on any atom is 0.257 e. The number of ether oxygens (including phenoxy) is 1. The zero-order valence-electron chi connectivity index (χ0n) is 16.4. The lowest BCUT2D eigenvalue weighted by molar-refractivity contribution is 0.414. The number of thioether (sulfide) groups is 1. The Morgan fingerprint density at radius 2 is 1.87 bits per heavy atom. The maximum atomic E-state index is 5.93. The molecule has 0 aliphatic heterocycles. The van der Waals surface area contributed by atoms with Crippen molar-refractivity contribution >= 4 is 34.1 Å². The van der Waals surface area contributed by atoms with Crippen LogP contribution in [0.15, 0.2) is 75.6 Å². The number of aromatic nitrogens is 4. The van der Waals surface area contributed by atoms with Gasteiger partial charge in [0, 0.05) is 5.69 Å². The standard InChI is InChI=1S/C22H18N4O2S2/c1-14(20-24-25-21(28-20)19-8-5-13-29-19)30-22-23-17-6-3-4-7-18(17)26(22)15-9-11-16(27-2)12-10-15/h3-14H,1-2H3. The average molecular weight is 435 g/mol. The number of benzene rings is 2. The predicted molar refractivity (Wildman–Crippen MR) is 120 cm³/mol. The Morgan fingerprint density at radius 3 is 2.63 bits per heavy atom. The zero-order valence-corrected chi connectivity index (χ0v) is 18.0. The molecule has 8 heteroatoms. The van der Waals surface area contributed by atoms with Crippen molar-refractivity contribution in [2.45, 2.75) is 17.3 Å². The Hall–Kier alpha value is -3.10. The molecule has 2 aromatic carbocycles. The Kier molecular flexibility index (Phi) is 5.02. The predicted octanol–water partition coefficient (Wildman–Crippen LogP) is 6.00. The average Bonchev–Trinajstić information content (AvgIpc) is 3.52. The molecule has 5 rings (SSSR count). The van der Waals surface area contributed by atoms with E-state index in [-0.39, 0.29) is 5.25 Å². The molecular formula is C22H18N4O2S2. The molecule has 0 bridgehead atoms. The first-order chi connectivity index (χ1) is 14.7. The van der Waals surface area contributed by atoms with E-state index in [0.717, 1.165) is 32.5 Å². The highest BCUT2D eigenvalue weighted by Crippen LogP contribution is 2.38. The molecule has 150 valence electrons. The van der Waals surface area contributed by atoms with Gasteiger partial charge in [-0.3, -0.25) is 4.57 Å². The van der Waals surface area contributed by atoms with E-state index in [1.165, 1.54) is 0 Å². The fourth-order valence-electron chi connectivity index (χ4n) is 3.17. The Balaban J connectivity index is 1.51. The van der Waals surface area contributed by atoms with Crippen molar-refractivity contribution in [1.82, 2.24) is 19.7 Å². The van der Waals surface area contributed by atoms with Gasteiger partial charge in [-0.15, -0.1) is 21.5 Å². The summed E-state index contributed by atoms with van der Waals surface area (Å²) in [5.74, 6) is 1.95. The van der Waals surface area contributed by atoms with Gasteiger partial charge in [-0.25, -0.2) is 4.98 Å². The first-order valence-corrected chi connectivity index (χ1v) is 11.1. The van der Waals surface area contributed by atoms with Gasteiger partial charge in [0.15, 0.2) is 5.16 Å². The molecule has 30 heavy (non-hydrogen) atoms. The van der Waals surface area contributed by atoms with Gasteiger partial charge in [0.05, 0.1) is 28.3 Å². The van der Waals surface area contributed by atoms with Gasteiger partial charge >= 0.3 is 0 Å². The summed E-state index contributed by atoms with van der Waals surface area (Å²) in [6.07, 6.45) is 0. The van der Waals surface area contributed by atoms with Crippen molar-refractivity contribution in [2.75, 3.05) is 7.11 Å². The molecule has 0 aliphatic rings. The maximum absolute atomic E-state index is 5.93. The van der Waals surface area contributed by atoms with Gasteiger partial charge in [0.2, 0.25) is 5.89 Å². The third-order valence-corrected chi connectivity index (χ3v) is 6.56. The molecule has 6 nitrogen and oxygen atoms in total. The minimum Gasteiger partial charge on any atom is -0.497 e. The van der Waals surface area contributed by atoms with Crippen LogP contribution in [0.25, 0.3) is 27.5 Å². The molecule has 1 atom stereocenters. The van der Waals surface area contributed by atoms with Crippen LogP contribution in [0.2, 0.25) is 0 Å². The van der Waals surface area contributed by atoms with E-state index in [1.807, 2.05) is 66.9 Å². The fraction of sp³-hybridized carbons (Fsp3) is 0.136. The van der Waals surface area contributed by atoms with Crippen molar-refractivity contribution in [3.8, 4) is 22.2 Å². The second-order valence-corrected chi connectivity index (χ2v) is 8.86. The summed E-state index contributed by atoms with van der Waals surface area (Å²) in [4.78, 5) is 5.83. The van der Waals surface area contributed by atoms with Crippen molar-refractivity contribution < 1.29 is 9.15 Å². The van der Waals surface area contributed by atoms with Crippen LogP contribution in [0.5, 0.6) is 5.75 Å². The van der Waals surface area contributed by atoms with Crippen LogP contribution >= 0.6 is 23.1 Å². The van der Waals surface area contributed by atoms with Gasteiger partial charge in [-0.05, 0) is 54.8 Å². The smallest absolute Gasteiger partial charge is 0.257 e. The molecule has 0 saturated heterocycles. The van der Waals surface area contributed by atoms with Crippen LogP contribution in [-0.4, -0.2) is 26.9 Å². The summed E-state index contributed by atoms with van der Waals surface area (Å²) in [6, 6.07) is 20.0. The lowest BCUT2D eigenvalue weighted by atomic mass is 10.2. The normalized spacial score (nSPS) is 12.3. The van der Waals surface area contributed by atoms with Gasteiger partial charge in [-0.2, -0.15) is 0 Å². The van der Waals surface area contributed by atoms with Crippen molar-refractivity contribution in [3.05, 3.63) is 71.9 Å². The van der Waals surface area contributed by atoms with Gasteiger partial charge in [0.25, 0.3) is 5.89 Å². The van der Waals surface area contributed by atoms with Crippen LogP contribution < -0.4 is 4.74 Å². The van der Waals surface area contributed by atoms with E-state index in [2.05, 4.69) is 20.8 Å². The molecule has 1 unspecified atom stereocenters. The van der Waals surface area contributed by atoms with Crippen LogP contribution in [0, 0.1) is 0 Å². The number of hydrogen-bond acceptors (Lipinski definition) is 7. The zero-order chi connectivity index (χ0) is 20.5. The Bertz CT molecular complexity index is 1280. The molecular weight excluding hydrogens is 416 g/mol. The molecule has 3 heterocycles. The van der Waals surface area contributed by atoms with Crippen LogP contribution in [0.3, 0.4) is 0 Å². The molecule has 0 amide bonds. The lowest BCUT2D eigenvalue weighted by Gasteiger charge is -2.11. The summed E-state index contributed by atoms with van der Waals surface area (Å²) < 4.78 is 13.4. The highest BCUT2D eigenvalue weighted by Gasteiger charge is 2.21. The summed E-state index contributed by atoms with van der Waals surface area (Å²) in [5.41, 5.74) is 3.00. The van der Waals surface area contributed by atoms with Crippen molar-refractivity contribution in [3.63, 3.8) is 0 Å². The number of fused-ring (bicyclic) bond motifs is 1. The van der Waals surface area contributed by atoms with Crippen LogP contribution in [-0.2, 0) is 0 Å². The van der Waals surface area contributed by atoms with E-state index >= 15 is 0 Å². The quantitative estimate of drug-likeness (QED) is 0.305. The minimum absolute atomic E-state index is 0.0555. The second kappa shape index (κ2) is 7.97. The highest BCUT2D eigenvalue weighted by atomic mass is 32.2. The van der Waals surface area contributed by atoms with E-state index < -0.39 is 0 Å². The number of rotatable bonds is 6. The first kappa shape index (κ1) is 18.9. The third-order valence-electron chi connectivity index (χ3n) is 4.66. The molecule has 0 radical (unpaired) electrons. The molecule has 5 aromatic rings. The van der Waals surface area contributed by atoms with E-state index in [9.17, 15) is 0 Å². The van der Waals surface area contributed by atoms with Gasteiger partial charge < -0.3 is 9.15 Å². The molecule has 0 fully saturated rings. The van der Waals surface area contributed by atoms with Gasteiger partial charge in [-0.1, -0.05) is 30.0 Å². The Morgan fingerprint density at radius 1 is 1.03 bits per heavy atom. The number of hydrogen-bond donors (Lipinski definition) is 0. The fourth-order valence-corrected chi connectivity index (χ4v) is 4.79. The summed E-state index contributed by atoms with van der Waals surface area (Å²) >= 11 is 3.17. The SMILES string of the molecule is COc1ccc(-n2c(SC(C)c3nnc(-c4cccs4)o3)nc3ccccc32)cc1. The number of nitrogens with zero attached hydrogens (tertiary/aromatic N) is 4.